The summed E-state index contributed by atoms with van der Waals surface area (Å²) < 4.78 is 15.3. The molecule has 0 saturated carbocycles. The van der Waals surface area contributed by atoms with Crippen LogP contribution in [-0.4, -0.2) is 38.6 Å². The number of hydrogen-bond donors (Lipinski definition) is 1. The molecule has 0 aliphatic carbocycles. The third-order valence-corrected chi connectivity index (χ3v) is 4.18. The number of rotatable bonds is 6. The Hall–Kier alpha value is -2.99. The van der Waals surface area contributed by atoms with Crippen LogP contribution >= 0.6 is 0 Å². The van der Waals surface area contributed by atoms with E-state index < -0.39 is 0 Å². The monoisotopic (exact) mass is 353 g/mol. The first kappa shape index (κ1) is 17.8. The first-order valence-corrected chi connectivity index (χ1v) is 8.31. The van der Waals surface area contributed by atoms with E-state index in [1.807, 2.05) is 23.9 Å². The summed E-state index contributed by atoms with van der Waals surface area (Å²) in [5, 5.41) is 9.33. The van der Waals surface area contributed by atoms with Gasteiger partial charge in [0.15, 0.2) is 0 Å². The van der Waals surface area contributed by atoms with Crippen LogP contribution in [0.2, 0.25) is 0 Å². The van der Waals surface area contributed by atoms with E-state index in [4.69, 9.17) is 0 Å². The van der Waals surface area contributed by atoms with E-state index >= 15 is 0 Å². The molecule has 1 N–H and O–H groups in total. The van der Waals surface area contributed by atoms with Gasteiger partial charge in [-0.3, -0.25) is 4.79 Å². The molecule has 0 aliphatic heterocycles. The Bertz CT molecular complexity index is 907. The van der Waals surface area contributed by atoms with Crippen LogP contribution in [0.1, 0.15) is 16.2 Å². The lowest BCUT2D eigenvalue weighted by molar-refractivity contribution is 0.0701. The molecule has 134 valence electrons. The maximum absolute atomic E-state index is 13.5. The zero-order valence-electron chi connectivity index (χ0n) is 14.5. The van der Waals surface area contributed by atoms with Crippen LogP contribution in [0.15, 0.2) is 60.9 Å². The molecular formula is C20H20FN3O2. The van der Waals surface area contributed by atoms with Crippen LogP contribution in [0.25, 0.3) is 11.1 Å². The zero-order valence-corrected chi connectivity index (χ0v) is 14.5. The highest BCUT2D eigenvalue weighted by Gasteiger charge is 2.18. The number of aliphatic hydroxyl groups is 1. The quantitative estimate of drug-likeness (QED) is 0.741. The Morgan fingerprint density at radius 3 is 2.58 bits per heavy atom. The van der Waals surface area contributed by atoms with Gasteiger partial charge >= 0.3 is 0 Å². The fraction of sp³-hybridized carbons (Fsp3) is 0.200. The number of carbonyl (C=O) groups excluding carboxylic acids is 1. The molecule has 6 heteroatoms. The summed E-state index contributed by atoms with van der Waals surface area (Å²) in [6, 6.07) is 13.3. The first-order chi connectivity index (χ1) is 12.6. The summed E-state index contributed by atoms with van der Waals surface area (Å²) in [7, 11) is 1.86. The van der Waals surface area contributed by atoms with Crippen molar-refractivity contribution in [2.24, 2.45) is 7.05 Å². The van der Waals surface area contributed by atoms with Crippen molar-refractivity contribution in [3.63, 3.8) is 0 Å². The van der Waals surface area contributed by atoms with Crippen LogP contribution in [0.4, 0.5) is 4.39 Å². The maximum atomic E-state index is 13.5. The van der Waals surface area contributed by atoms with Crippen molar-refractivity contribution < 1.29 is 14.3 Å². The number of aryl methyl sites for hydroxylation is 1. The van der Waals surface area contributed by atoms with Crippen LogP contribution in [0.3, 0.4) is 0 Å². The Morgan fingerprint density at radius 2 is 1.92 bits per heavy atom. The smallest absolute Gasteiger partial charge is 0.254 e. The molecule has 0 bridgehead atoms. The first-order valence-electron chi connectivity index (χ1n) is 8.31. The largest absolute Gasteiger partial charge is 0.395 e. The number of halogens is 1. The Morgan fingerprint density at radius 1 is 1.19 bits per heavy atom. The molecule has 0 aliphatic rings. The topological polar surface area (TPSA) is 58.4 Å². The molecule has 2 aromatic carbocycles. The number of amides is 1. The minimum absolute atomic E-state index is 0.139. The van der Waals surface area contributed by atoms with Gasteiger partial charge < -0.3 is 14.6 Å². The van der Waals surface area contributed by atoms with E-state index in [1.165, 1.54) is 12.1 Å². The normalized spacial score (nSPS) is 10.7. The predicted octanol–water partition coefficient (Wildman–Crippen LogP) is 2.86. The van der Waals surface area contributed by atoms with Crippen LogP contribution < -0.4 is 0 Å². The number of benzene rings is 2. The van der Waals surface area contributed by atoms with E-state index in [9.17, 15) is 14.3 Å². The average molecular weight is 353 g/mol. The number of imidazole rings is 1. The highest BCUT2D eigenvalue weighted by Crippen LogP contribution is 2.22. The number of hydrogen-bond acceptors (Lipinski definition) is 3. The summed E-state index contributed by atoms with van der Waals surface area (Å²) in [4.78, 5) is 18.7. The lowest BCUT2D eigenvalue weighted by Crippen LogP contribution is -2.34. The lowest BCUT2D eigenvalue weighted by atomic mass is 10.0. The molecule has 1 heterocycles. The van der Waals surface area contributed by atoms with Gasteiger partial charge in [-0.1, -0.05) is 24.3 Å². The second-order valence-electron chi connectivity index (χ2n) is 6.00. The van der Waals surface area contributed by atoms with Gasteiger partial charge in [0, 0.05) is 31.5 Å². The molecule has 3 rings (SSSR count). The van der Waals surface area contributed by atoms with E-state index in [0.717, 1.165) is 11.4 Å². The van der Waals surface area contributed by atoms with Gasteiger partial charge in [-0.25, -0.2) is 9.37 Å². The summed E-state index contributed by atoms with van der Waals surface area (Å²) in [6.45, 7) is 0.364. The number of carbonyl (C=O) groups is 1. The summed E-state index contributed by atoms with van der Waals surface area (Å²) >= 11 is 0. The number of aliphatic hydroxyl groups excluding tert-OH is 1. The summed E-state index contributed by atoms with van der Waals surface area (Å²) in [6.07, 6.45) is 3.48. The van der Waals surface area contributed by atoms with Crippen LogP contribution in [0.5, 0.6) is 0 Å². The molecule has 0 atom stereocenters. The van der Waals surface area contributed by atoms with Gasteiger partial charge in [0.1, 0.15) is 11.6 Å². The van der Waals surface area contributed by atoms with Gasteiger partial charge in [0.2, 0.25) is 0 Å². The van der Waals surface area contributed by atoms with Crippen molar-refractivity contribution in [2.75, 3.05) is 13.2 Å². The van der Waals surface area contributed by atoms with Gasteiger partial charge in [0.05, 0.1) is 13.2 Å². The zero-order chi connectivity index (χ0) is 18.5. The van der Waals surface area contributed by atoms with E-state index in [0.29, 0.717) is 17.7 Å². The molecule has 1 aromatic heterocycles. The number of aromatic nitrogens is 2. The molecule has 1 amide bonds. The van der Waals surface area contributed by atoms with Crippen molar-refractivity contribution >= 4 is 5.91 Å². The Balaban J connectivity index is 1.87. The van der Waals surface area contributed by atoms with E-state index in [2.05, 4.69) is 4.98 Å². The molecule has 0 fully saturated rings. The third kappa shape index (κ3) is 3.97. The van der Waals surface area contributed by atoms with E-state index in [-0.39, 0.29) is 24.9 Å². The summed E-state index contributed by atoms with van der Waals surface area (Å²) in [5.41, 5.74) is 1.95. The van der Waals surface area contributed by atoms with Crippen molar-refractivity contribution in [1.29, 1.82) is 0 Å². The SMILES string of the molecule is Cn1ccnc1CN(CCO)C(=O)c1cccc(-c2cccc(F)c2)c1. The standard InChI is InChI=1S/C20H20FN3O2/c1-23-9-8-22-19(23)14-24(10-11-25)20(26)17-6-2-4-15(12-17)16-5-3-7-18(21)13-16/h2-9,12-13,25H,10-11,14H2,1H3. The van der Waals surface area contributed by atoms with Gasteiger partial charge in [-0.05, 0) is 35.4 Å². The molecule has 26 heavy (non-hydrogen) atoms. The minimum Gasteiger partial charge on any atom is -0.395 e. The Kier molecular flexibility index (Phi) is 5.43. The van der Waals surface area contributed by atoms with Gasteiger partial charge in [-0.2, -0.15) is 0 Å². The summed E-state index contributed by atoms with van der Waals surface area (Å²) in [5.74, 6) is 0.198. The second kappa shape index (κ2) is 7.93. The molecule has 5 nitrogen and oxygen atoms in total. The lowest BCUT2D eigenvalue weighted by Gasteiger charge is -2.22. The molecule has 0 spiro atoms. The number of nitrogens with zero attached hydrogens (tertiary/aromatic N) is 3. The molecule has 0 unspecified atom stereocenters. The molecular weight excluding hydrogens is 333 g/mol. The Labute approximate surface area is 151 Å². The van der Waals surface area contributed by atoms with Gasteiger partial charge in [-0.15, -0.1) is 0 Å². The third-order valence-electron chi connectivity index (χ3n) is 4.18. The maximum Gasteiger partial charge on any atom is 0.254 e. The average Bonchev–Trinajstić information content (AvgIpc) is 3.05. The fourth-order valence-electron chi connectivity index (χ4n) is 2.78. The van der Waals surface area contributed by atoms with Crippen LogP contribution in [-0.2, 0) is 13.6 Å². The minimum atomic E-state index is -0.323. The van der Waals surface area contributed by atoms with Crippen molar-refractivity contribution in [2.45, 2.75) is 6.54 Å². The van der Waals surface area contributed by atoms with Gasteiger partial charge in [0.25, 0.3) is 5.91 Å². The highest BCUT2D eigenvalue weighted by molar-refractivity contribution is 5.95. The highest BCUT2D eigenvalue weighted by atomic mass is 19.1. The van der Waals surface area contributed by atoms with Crippen LogP contribution in [0, 0.1) is 5.82 Å². The van der Waals surface area contributed by atoms with E-state index in [1.54, 1.807) is 41.4 Å². The fourth-order valence-corrected chi connectivity index (χ4v) is 2.78. The molecule has 3 aromatic rings. The molecule has 0 saturated heterocycles. The predicted molar refractivity (Wildman–Crippen MR) is 96.9 cm³/mol. The van der Waals surface area contributed by atoms with Crippen molar-refractivity contribution in [3.8, 4) is 11.1 Å². The van der Waals surface area contributed by atoms with Crippen molar-refractivity contribution in [3.05, 3.63) is 78.1 Å². The van der Waals surface area contributed by atoms with Crippen molar-refractivity contribution in [1.82, 2.24) is 14.5 Å². The second-order valence-corrected chi connectivity index (χ2v) is 6.00. The molecule has 0 radical (unpaired) electrons.